The number of hydrogen-bond donors (Lipinski definition) is 0. The standard InChI is InChI=1S/C19H20F2N4O/c1-13(4-3-8-24-9-6-14(2)23-24)19(26)25-18(5-7-22-25)15-10-16(20)12-17(21)11-15/h6-7,9-12,18H,1,3-5,8H2,2H3. The van der Waals surface area contributed by atoms with Crippen LogP contribution in [0, 0.1) is 18.6 Å². The van der Waals surface area contributed by atoms with E-state index in [9.17, 15) is 13.6 Å². The Bertz CT molecular complexity index is 839. The van der Waals surface area contributed by atoms with Gasteiger partial charge in [0.15, 0.2) is 0 Å². The fraction of sp³-hybridized carbons (Fsp3) is 0.316. The number of halogens is 2. The minimum atomic E-state index is -0.673. The summed E-state index contributed by atoms with van der Waals surface area (Å²) in [5.41, 5.74) is 1.74. The smallest absolute Gasteiger partial charge is 0.269 e. The molecule has 0 saturated heterocycles. The van der Waals surface area contributed by atoms with Gasteiger partial charge < -0.3 is 0 Å². The van der Waals surface area contributed by atoms with Crippen molar-refractivity contribution in [3.05, 3.63) is 65.5 Å². The summed E-state index contributed by atoms with van der Waals surface area (Å²) in [5.74, 6) is -1.68. The first-order valence-electron chi connectivity index (χ1n) is 8.44. The third kappa shape index (κ3) is 4.04. The summed E-state index contributed by atoms with van der Waals surface area (Å²) in [6, 6.07) is 4.67. The van der Waals surface area contributed by atoms with Crippen molar-refractivity contribution >= 4 is 12.1 Å². The molecule has 0 saturated carbocycles. The monoisotopic (exact) mass is 358 g/mol. The third-order valence-electron chi connectivity index (χ3n) is 4.25. The second-order valence-corrected chi connectivity index (χ2v) is 6.33. The highest BCUT2D eigenvalue weighted by Crippen LogP contribution is 2.30. The van der Waals surface area contributed by atoms with Crippen LogP contribution in [-0.4, -0.2) is 26.9 Å². The van der Waals surface area contributed by atoms with Crippen molar-refractivity contribution < 1.29 is 13.6 Å². The van der Waals surface area contributed by atoms with Crippen molar-refractivity contribution in [2.45, 2.75) is 38.8 Å². The molecule has 0 bridgehead atoms. The maximum absolute atomic E-state index is 13.5. The zero-order valence-electron chi connectivity index (χ0n) is 14.5. The Balaban J connectivity index is 1.61. The third-order valence-corrected chi connectivity index (χ3v) is 4.25. The lowest BCUT2D eigenvalue weighted by Crippen LogP contribution is -2.28. The van der Waals surface area contributed by atoms with Crippen molar-refractivity contribution in [1.82, 2.24) is 14.8 Å². The number of amides is 1. The van der Waals surface area contributed by atoms with Gasteiger partial charge in [-0.1, -0.05) is 6.58 Å². The molecule has 0 spiro atoms. The van der Waals surface area contributed by atoms with E-state index in [2.05, 4.69) is 16.8 Å². The molecule has 1 aromatic heterocycles. The Morgan fingerprint density at radius 3 is 2.69 bits per heavy atom. The second kappa shape index (κ2) is 7.59. The predicted molar refractivity (Wildman–Crippen MR) is 94.4 cm³/mol. The SMILES string of the molecule is C=C(CCCn1ccc(C)n1)C(=O)N1N=CCC1c1cc(F)cc(F)c1. The summed E-state index contributed by atoms with van der Waals surface area (Å²) in [7, 11) is 0. The molecule has 1 unspecified atom stereocenters. The molecule has 26 heavy (non-hydrogen) atoms. The van der Waals surface area contributed by atoms with E-state index in [0.29, 0.717) is 36.9 Å². The number of aromatic nitrogens is 2. The number of benzene rings is 1. The molecule has 7 heteroatoms. The van der Waals surface area contributed by atoms with Crippen molar-refractivity contribution in [3.8, 4) is 0 Å². The summed E-state index contributed by atoms with van der Waals surface area (Å²) < 4.78 is 28.8. The number of rotatable bonds is 6. The van der Waals surface area contributed by atoms with E-state index in [4.69, 9.17) is 0 Å². The van der Waals surface area contributed by atoms with E-state index in [1.54, 1.807) is 6.21 Å². The van der Waals surface area contributed by atoms with Gasteiger partial charge in [0.25, 0.3) is 5.91 Å². The lowest BCUT2D eigenvalue weighted by molar-refractivity contribution is -0.129. The van der Waals surface area contributed by atoms with Gasteiger partial charge in [-0.25, -0.2) is 13.8 Å². The van der Waals surface area contributed by atoms with E-state index >= 15 is 0 Å². The molecule has 0 N–H and O–H groups in total. The van der Waals surface area contributed by atoms with Crippen molar-refractivity contribution in [1.29, 1.82) is 0 Å². The van der Waals surface area contributed by atoms with Gasteiger partial charge in [-0.15, -0.1) is 0 Å². The highest BCUT2D eigenvalue weighted by Gasteiger charge is 2.30. The molecule has 1 aromatic carbocycles. The van der Waals surface area contributed by atoms with Gasteiger partial charge in [0, 0.05) is 37.0 Å². The van der Waals surface area contributed by atoms with Crippen LogP contribution in [0.5, 0.6) is 0 Å². The number of nitrogens with zero attached hydrogens (tertiary/aromatic N) is 4. The average Bonchev–Trinajstić information content (AvgIpc) is 3.22. The molecule has 1 aliphatic rings. The van der Waals surface area contributed by atoms with E-state index in [0.717, 1.165) is 11.8 Å². The van der Waals surface area contributed by atoms with Gasteiger partial charge in [-0.2, -0.15) is 10.2 Å². The Labute approximate surface area is 150 Å². The van der Waals surface area contributed by atoms with E-state index in [-0.39, 0.29) is 5.91 Å². The molecule has 5 nitrogen and oxygen atoms in total. The maximum Gasteiger partial charge on any atom is 0.269 e. The minimum Gasteiger partial charge on any atom is -0.272 e. The molecule has 136 valence electrons. The number of aryl methyl sites for hydroxylation is 2. The first-order chi connectivity index (χ1) is 12.4. The molecule has 0 fully saturated rings. The Morgan fingerprint density at radius 2 is 2.04 bits per heavy atom. The van der Waals surface area contributed by atoms with Gasteiger partial charge in [0.1, 0.15) is 11.6 Å². The lowest BCUT2D eigenvalue weighted by atomic mass is 10.0. The summed E-state index contributed by atoms with van der Waals surface area (Å²) in [4.78, 5) is 12.6. The van der Waals surface area contributed by atoms with E-state index < -0.39 is 17.7 Å². The summed E-state index contributed by atoms with van der Waals surface area (Å²) in [5, 5.41) is 9.63. The van der Waals surface area contributed by atoms with Crippen molar-refractivity contribution in [2.75, 3.05) is 0 Å². The molecule has 1 amide bonds. The van der Waals surface area contributed by atoms with Gasteiger partial charge >= 0.3 is 0 Å². The molecule has 1 aliphatic heterocycles. The molecular weight excluding hydrogens is 338 g/mol. The Morgan fingerprint density at radius 1 is 1.31 bits per heavy atom. The number of hydrogen-bond acceptors (Lipinski definition) is 3. The van der Waals surface area contributed by atoms with Crippen LogP contribution in [0.3, 0.4) is 0 Å². The predicted octanol–water partition coefficient (Wildman–Crippen LogP) is 3.77. The zero-order valence-corrected chi connectivity index (χ0v) is 14.5. The van der Waals surface area contributed by atoms with Gasteiger partial charge in [-0.05, 0) is 43.5 Å². The maximum atomic E-state index is 13.5. The van der Waals surface area contributed by atoms with Crippen LogP contribution in [0.1, 0.15) is 36.6 Å². The Kier molecular flexibility index (Phi) is 5.25. The van der Waals surface area contributed by atoms with Crippen LogP contribution in [0.15, 0.2) is 47.7 Å². The average molecular weight is 358 g/mol. The van der Waals surface area contributed by atoms with Crippen LogP contribution < -0.4 is 0 Å². The first kappa shape index (κ1) is 18.0. The Hall–Kier alpha value is -2.83. The molecule has 2 aromatic rings. The van der Waals surface area contributed by atoms with Gasteiger partial charge in [0.05, 0.1) is 11.7 Å². The van der Waals surface area contributed by atoms with Crippen LogP contribution >= 0.6 is 0 Å². The molecule has 1 atom stereocenters. The van der Waals surface area contributed by atoms with Crippen molar-refractivity contribution in [2.24, 2.45) is 5.10 Å². The highest BCUT2D eigenvalue weighted by molar-refractivity contribution is 5.94. The molecule has 2 heterocycles. The normalized spacial score (nSPS) is 16.3. The van der Waals surface area contributed by atoms with Gasteiger partial charge in [-0.3, -0.25) is 9.48 Å². The summed E-state index contributed by atoms with van der Waals surface area (Å²) in [6.07, 6.45) is 5.08. The van der Waals surface area contributed by atoms with E-state index in [1.165, 1.54) is 17.1 Å². The summed E-state index contributed by atoms with van der Waals surface area (Å²) in [6.45, 7) is 6.45. The quantitative estimate of drug-likeness (QED) is 0.738. The lowest BCUT2D eigenvalue weighted by Gasteiger charge is -2.23. The number of carbonyl (C=O) groups excluding carboxylic acids is 1. The van der Waals surface area contributed by atoms with E-state index in [1.807, 2.05) is 23.9 Å². The van der Waals surface area contributed by atoms with Gasteiger partial charge in [0.2, 0.25) is 0 Å². The molecule has 3 rings (SSSR count). The zero-order chi connectivity index (χ0) is 18.7. The fourth-order valence-corrected chi connectivity index (χ4v) is 2.97. The molecule has 0 radical (unpaired) electrons. The van der Waals surface area contributed by atoms with Crippen LogP contribution in [-0.2, 0) is 11.3 Å². The van der Waals surface area contributed by atoms with Crippen LogP contribution in [0.25, 0.3) is 0 Å². The number of hydrazone groups is 1. The molecular formula is C19H20F2N4O. The topological polar surface area (TPSA) is 50.5 Å². The van der Waals surface area contributed by atoms with Crippen LogP contribution in [0.2, 0.25) is 0 Å². The highest BCUT2D eigenvalue weighted by atomic mass is 19.1. The fourth-order valence-electron chi connectivity index (χ4n) is 2.97. The van der Waals surface area contributed by atoms with Crippen molar-refractivity contribution in [3.63, 3.8) is 0 Å². The largest absolute Gasteiger partial charge is 0.272 e. The molecule has 0 aliphatic carbocycles. The minimum absolute atomic E-state index is 0.329. The second-order valence-electron chi connectivity index (χ2n) is 6.33. The van der Waals surface area contributed by atoms with Crippen LogP contribution in [0.4, 0.5) is 8.78 Å². The number of carbonyl (C=O) groups is 1. The summed E-state index contributed by atoms with van der Waals surface area (Å²) >= 11 is 0. The first-order valence-corrected chi connectivity index (χ1v) is 8.44.